The number of para-hydroxylation sites is 1. The van der Waals surface area contributed by atoms with Gasteiger partial charge < -0.3 is 5.32 Å². The predicted octanol–water partition coefficient (Wildman–Crippen LogP) is 3.90. The fourth-order valence-corrected chi connectivity index (χ4v) is 2.77. The smallest absolute Gasteiger partial charge is 0.256 e. The van der Waals surface area contributed by atoms with Crippen LogP contribution in [0.3, 0.4) is 0 Å². The number of amides is 1. The van der Waals surface area contributed by atoms with Crippen LogP contribution < -0.4 is 5.32 Å². The van der Waals surface area contributed by atoms with Gasteiger partial charge in [-0.15, -0.1) is 0 Å². The zero-order valence-electron chi connectivity index (χ0n) is 13.0. The number of benzene rings is 2. The molecule has 0 aliphatic heterocycles. The highest BCUT2D eigenvalue weighted by molar-refractivity contribution is 6.33. The maximum absolute atomic E-state index is 13.2. The zero-order chi connectivity index (χ0) is 17.1. The van der Waals surface area contributed by atoms with Crippen molar-refractivity contribution >= 4 is 17.5 Å². The van der Waals surface area contributed by atoms with Crippen LogP contribution in [-0.2, 0) is 6.54 Å². The second-order valence-corrected chi connectivity index (χ2v) is 5.67. The van der Waals surface area contributed by atoms with Crippen LogP contribution >= 0.6 is 11.6 Å². The van der Waals surface area contributed by atoms with Crippen molar-refractivity contribution in [1.29, 1.82) is 0 Å². The topological polar surface area (TPSA) is 46.9 Å². The fourth-order valence-electron chi connectivity index (χ4n) is 2.41. The molecule has 0 atom stereocenters. The minimum absolute atomic E-state index is 0.211. The lowest BCUT2D eigenvalue weighted by Gasteiger charge is -2.06. The zero-order valence-corrected chi connectivity index (χ0v) is 13.7. The van der Waals surface area contributed by atoms with Gasteiger partial charge in [-0.25, -0.2) is 9.07 Å². The van der Waals surface area contributed by atoms with Crippen molar-refractivity contribution in [1.82, 2.24) is 15.1 Å². The van der Waals surface area contributed by atoms with E-state index in [0.29, 0.717) is 16.8 Å². The van der Waals surface area contributed by atoms with E-state index in [0.717, 1.165) is 5.69 Å². The van der Waals surface area contributed by atoms with E-state index in [2.05, 4.69) is 10.4 Å². The van der Waals surface area contributed by atoms with Gasteiger partial charge in [0.05, 0.1) is 16.9 Å². The molecule has 3 aromatic rings. The lowest BCUT2D eigenvalue weighted by molar-refractivity contribution is 0.0950. The summed E-state index contributed by atoms with van der Waals surface area (Å²) in [6, 6.07) is 15.4. The Kier molecular flexibility index (Phi) is 4.62. The normalized spacial score (nSPS) is 10.6. The van der Waals surface area contributed by atoms with Gasteiger partial charge in [-0.05, 0) is 36.8 Å². The molecule has 0 saturated heterocycles. The molecule has 122 valence electrons. The van der Waals surface area contributed by atoms with Crippen LogP contribution in [0.25, 0.3) is 5.69 Å². The molecule has 0 fully saturated rings. The first kappa shape index (κ1) is 16.2. The van der Waals surface area contributed by atoms with Gasteiger partial charge in [0.1, 0.15) is 11.0 Å². The lowest BCUT2D eigenvalue weighted by atomic mass is 10.2. The van der Waals surface area contributed by atoms with E-state index in [1.54, 1.807) is 19.1 Å². The van der Waals surface area contributed by atoms with Gasteiger partial charge in [-0.2, -0.15) is 5.10 Å². The van der Waals surface area contributed by atoms with Crippen LogP contribution in [0.2, 0.25) is 5.15 Å². The Morgan fingerprint density at radius 2 is 1.96 bits per heavy atom. The molecule has 6 heteroatoms. The Balaban J connectivity index is 1.82. The Morgan fingerprint density at radius 1 is 1.21 bits per heavy atom. The highest BCUT2D eigenvalue weighted by atomic mass is 35.5. The van der Waals surface area contributed by atoms with E-state index >= 15 is 0 Å². The largest absolute Gasteiger partial charge is 0.348 e. The van der Waals surface area contributed by atoms with Crippen molar-refractivity contribution in [2.75, 3.05) is 0 Å². The summed E-state index contributed by atoms with van der Waals surface area (Å²) in [5, 5.41) is 7.33. The molecule has 1 aromatic heterocycles. The highest BCUT2D eigenvalue weighted by Crippen LogP contribution is 2.23. The van der Waals surface area contributed by atoms with E-state index in [1.165, 1.54) is 16.8 Å². The molecule has 24 heavy (non-hydrogen) atoms. The molecule has 0 unspecified atom stereocenters. The Hall–Kier alpha value is -2.66. The molecule has 0 aliphatic rings. The number of hydrogen-bond donors (Lipinski definition) is 1. The minimum atomic E-state index is -0.344. The quantitative estimate of drug-likeness (QED) is 0.781. The Bertz CT molecular complexity index is 877. The van der Waals surface area contributed by atoms with Gasteiger partial charge in [0.2, 0.25) is 0 Å². The van der Waals surface area contributed by atoms with Crippen LogP contribution in [0.15, 0.2) is 54.6 Å². The number of rotatable bonds is 4. The third-order valence-corrected chi connectivity index (χ3v) is 3.92. The monoisotopic (exact) mass is 343 g/mol. The lowest BCUT2D eigenvalue weighted by Crippen LogP contribution is -2.23. The van der Waals surface area contributed by atoms with Gasteiger partial charge in [0, 0.05) is 6.54 Å². The molecule has 0 aliphatic carbocycles. The molecule has 1 heterocycles. The second-order valence-electron chi connectivity index (χ2n) is 5.31. The Labute approximate surface area is 143 Å². The molecule has 2 aromatic carbocycles. The van der Waals surface area contributed by atoms with Crippen LogP contribution in [0.5, 0.6) is 0 Å². The van der Waals surface area contributed by atoms with Gasteiger partial charge in [0.25, 0.3) is 5.91 Å². The number of hydrogen-bond acceptors (Lipinski definition) is 2. The molecule has 0 saturated carbocycles. The van der Waals surface area contributed by atoms with Crippen LogP contribution in [0, 0.1) is 12.7 Å². The third-order valence-electron chi connectivity index (χ3n) is 3.57. The van der Waals surface area contributed by atoms with E-state index in [1.807, 2.05) is 30.3 Å². The summed E-state index contributed by atoms with van der Waals surface area (Å²) in [5.41, 5.74) is 2.29. The summed E-state index contributed by atoms with van der Waals surface area (Å²) in [6.07, 6.45) is 0. The molecule has 4 nitrogen and oxygen atoms in total. The minimum Gasteiger partial charge on any atom is -0.348 e. The van der Waals surface area contributed by atoms with Gasteiger partial charge in [0.15, 0.2) is 0 Å². The second kappa shape index (κ2) is 6.84. The van der Waals surface area contributed by atoms with Crippen molar-refractivity contribution in [3.8, 4) is 5.69 Å². The summed E-state index contributed by atoms with van der Waals surface area (Å²) in [7, 11) is 0. The van der Waals surface area contributed by atoms with E-state index in [9.17, 15) is 9.18 Å². The number of carbonyl (C=O) groups excluding carboxylic acids is 1. The molecule has 1 N–H and O–H groups in total. The van der Waals surface area contributed by atoms with Crippen LogP contribution in [-0.4, -0.2) is 15.7 Å². The molecule has 0 spiro atoms. The Morgan fingerprint density at radius 3 is 2.67 bits per heavy atom. The van der Waals surface area contributed by atoms with Crippen molar-refractivity contribution in [3.05, 3.63) is 82.4 Å². The number of carbonyl (C=O) groups is 1. The number of halogens is 2. The summed E-state index contributed by atoms with van der Waals surface area (Å²) >= 11 is 6.35. The standard InChI is InChI=1S/C18H15ClFN3O/c1-12-16(17(19)23(22-12)15-8-3-2-4-9-15)18(24)21-11-13-6-5-7-14(20)10-13/h2-10H,11H2,1H3,(H,21,24). The third kappa shape index (κ3) is 3.31. The highest BCUT2D eigenvalue weighted by Gasteiger charge is 2.20. The molecule has 0 bridgehead atoms. The van der Waals surface area contributed by atoms with Crippen LogP contribution in [0.4, 0.5) is 4.39 Å². The SMILES string of the molecule is Cc1nn(-c2ccccc2)c(Cl)c1C(=O)NCc1cccc(F)c1. The van der Waals surface area contributed by atoms with Crippen molar-refractivity contribution in [3.63, 3.8) is 0 Å². The van der Waals surface area contributed by atoms with E-state index in [-0.39, 0.29) is 23.4 Å². The number of nitrogens with one attached hydrogen (secondary N) is 1. The average Bonchev–Trinajstić information content (AvgIpc) is 2.88. The predicted molar refractivity (Wildman–Crippen MR) is 90.9 cm³/mol. The van der Waals surface area contributed by atoms with E-state index in [4.69, 9.17) is 11.6 Å². The summed E-state index contributed by atoms with van der Waals surface area (Å²) < 4.78 is 14.7. The first-order valence-electron chi connectivity index (χ1n) is 7.39. The first-order valence-corrected chi connectivity index (χ1v) is 7.77. The molecule has 0 radical (unpaired) electrons. The number of aryl methyl sites for hydroxylation is 1. The number of nitrogens with zero attached hydrogens (tertiary/aromatic N) is 2. The molecule has 1 amide bonds. The average molecular weight is 344 g/mol. The van der Waals surface area contributed by atoms with Crippen molar-refractivity contribution < 1.29 is 9.18 Å². The van der Waals surface area contributed by atoms with Crippen molar-refractivity contribution in [2.24, 2.45) is 0 Å². The van der Waals surface area contributed by atoms with Crippen LogP contribution in [0.1, 0.15) is 21.6 Å². The van der Waals surface area contributed by atoms with E-state index < -0.39 is 0 Å². The molecule has 3 rings (SSSR count). The maximum Gasteiger partial charge on any atom is 0.256 e. The molecular weight excluding hydrogens is 329 g/mol. The first-order chi connectivity index (χ1) is 11.6. The van der Waals surface area contributed by atoms with Crippen molar-refractivity contribution in [2.45, 2.75) is 13.5 Å². The van der Waals surface area contributed by atoms with Gasteiger partial charge >= 0.3 is 0 Å². The summed E-state index contributed by atoms with van der Waals surface area (Å²) in [6.45, 7) is 1.94. The van der Waals surface area contributed by atoms with Gasteiger partial charge in [-0.3, -0.25) is 4.79 Å². The summed E-state index contributed by atoms with van der Waals surface area (Å²) in [5.74, 6) is -0.684. The van der Waals surface area contributed by atoms with Gasteiger partial charge in [-0.1, -0.05) is 41.9 Å². The number of aromatic nitrogens is 2. The molecular formula is C18H15ClFN3O. The summed E-state index contributed by atoms with van der Waals surface area (Å²) in [4.78, 5) is 12.4. The fraction of sp³-hybridized carbons (Fsp3) is 0.111. The maximum atomic E-state index is 13.2.